The molecule has 6 heteroatoms. The van der Waals surface area contributed by atoms with Crippen molar-refractivity contribution in [2.75, 3.05) is 13.6 Å². The summed E-state index contributed by atoms with van der Waals surface area (Å²) in [7, 11) is 1.53. The van der Waals surface area contributed by atoms with Crippen LogP contribution in [-0.2, 0) is 4.79 Å². The van der Waals surface area contributed by atoms with Gasteiger partial charge in [-0.1, -0.05) is 0 Å². The molecule has 1 heterocycles. The van der Waals surface area contributed by atoms with E-state index in [1.54, 1.807) is 6.07 Å². The zero-order chi connectivity index (χ0) is 11.4. The average molecular weight is 276 g/mol. The fourth-order valence-corrected chi connectivity index (χ4v) is 1.36. The Morgan fingerprint density at radius 1 is 1.60 bits per heavy atom. The van der Waals surface area contributed by atoms with Crippen LogP contribution in [0.15, 0.2) is 21.2 Å². The van der Waals surface area contributed by atoms with Crippen LogP contribution in [0.2, 0.25) is 0 Å². The second kappa shape index (κ2) is 4.97. The zero-order valence-electron chi connectivity index (χ0n) is 8.07. The third-order valence-corrected chi connectivity index (χ3v) is 2.44. The van der Waals surface area contributed by atoms with Gasteiger partial charge in [-0.25, -0.2) is 0 Å². The first-order valence-electron chi connectivity index (χ1n) is 4.22. The Morgan fingerprint density at radius 3 is 2.73 bits per heavy atom. The molecule has 0 saturated heterocycles. The van der Waals surface area contributed by atoms with Crippen molar-refractivity contribution in [2.45, 2.75) is 6.42 Å². The topological polar surface area (TPSA) is 70.8 Å². The van der Waals surface area contributed by atoms with Crippen LogP contribution in [0, 0.1) is 0 Å². The summed E-state index contributed by atoms with van der Waals surface area (Å²) in [5.41, 5.74) is 0. The fraction of sp³-hybridized carbons (Fsp3) is 0.333. The number of carboxylic acid groups (broad SMARTS) is 1. The molecule has 1 aromatic heterocycles. The zero-order valence-corrected chi connectivity index (χ0v) is 9.65. The third kappa shape index (κ3) is 3.09. The number of halogens is 1. The Kier molecular flexibility index (Phi) is 3.90. The number of carbonyl (C=O) groups is 2. The minimum Gasteiger partial charge on any atom is -0.481 e. The smallest absolute Gasteiger partial charge is 0.305 e. The molecule has 0 fully saturated rings. The van der Waals surface area contributed by atoms with E-state index in [-0.39, 0.29) is 24.6 Å². The van der Waals surface area contributed by atoms with Gasteiger partial charge in [0.1, 0.15) is 0 Å². The molecule has 0 aliphatic heterocycles. The molecule has 1 N–H and O–H groups in total. The molecule has 82 valence electrons. The Labute approximate surface area is 94.8 Å². The summed E-state index contributed by atoms with van der Waals surface area (Å²) < 4.78 is 5.53. The molecular weight excluding hydrogens is 266 g/mol. The maximum absolute atomic E-state index is 11.6. The first-order chi connectivity index (χ1) is 7.02. The quantitative estimate of drug-likeness (QED) is 0.906. The lowest BCUT2D eigenvalue weighted by atomic mass is 10.3. The van der Waals surface area contributed by atoms with Crippen molar-refractivity contribution in [1.29, 1.82) is 0 Å². The maximum atomic E-state index is 11.6. The van der Waals surface area contributed by atoms with Crippen LogP contribution in [-0.4, -0.2) is 35.5 Å². The molecule has 5 nitrogen and oxygen atoms in total. The van der Waals surface area contributed by atoms with Gasteiger partial charge in [0.05, 0.1) is 17.2 Å². The van der Waals surface area contributed by atoms with Gasteiger partial charge in [-0.15, -0.1) is 0 Å². The van der Waals surface area contributed by atoms with Gasteiger partial charge in [-0.2, -0.15) is 0 Å². The molecule has 0 aliphatic rings. The van der Waals surface area contributed by atoms with Crippen LogP contribution in [0.1, 0.15) is 17.0 Å². The molecule has 0 atom stereocenters. The molecule has 0 saturated carbocycles. The molecule has 0 spiro atoms. The normalized spacial score (nSPS) is 10.0. The highest BCUT2D eigenvalue weighted by Gasteiger charge is 2.18. The van der Waals surface area contributed by atoms with Crippen molar-refractivity contribution in [3.05, 3.63) is 22.6 Å². The van der Waals surface area contributed by atoms with Crippen LogP contribution >= 0.6 is 15.9 Å². The first kappa shape index (κ1) is 11.8. The van der Waals surface area contributed by atoms with Gasteiger partial charge in [-0.05, 0) is 22.0 Å². The van der Waals surface area contributed by atoms with E-state index in [1.807, 2.05) is 0 Å². The average Bonchev–Trinajstić information content (AvgIpc) is 2.59. The molecule has 1 rings (SSSR count). The summed E-state index contributed by atoms with van der Waals surface area (Å²) in [4.78, 5) is 23.3. The van der Waals surface area contributed by atoms with Crippen LogP contribution in [0.3, 0.4) is 0 Å². The molecule has 15 heavy (non-hydrogen) atoms. The van der Waals surface area contributed by atoms with E-state index in [1.165, 1.54) is 18.2 Å². The number of furan rings is 1. The second-order valence-corrected chi connectivity index (χ2v) is 3.82. The standard InChI is InChI=1S/C9H10BrNO4/c1-11(4-2-7(12)13)9(14)8-6(10)3-5-15-8/h3,5H,2,4H2,1H3,(H,12,13). The lowest BCUT2D eigenvalue weighted by molar-refractivity contribution is -0.137. The SMILES string of the molecule is CN(CCC(=O)O)C(=O)c1occc1Br. The number of carbonyl (C=O) groups excluding carboxylic acids is 1. The highest BCUT2D eigenvalue weighted by atomic mass is 79.9. The molecule has 0 unspecified atom stereocenters. The lowest BCUT2D eigenvalue weighted by Crippen LogP contribution is -2.28. The van der Waals surface area contributed by atoms with Gasteiger partial charge in [0.15, 0.2) is 0 Å². The second-order valence-electron chi connectivity index (χ2n) is 2.97. The molecule has 0 bridgehead atoms. The number of amides is 1. The summed E-state index contributed by atoms with van der Waals surface area (Å²) >= 11 is 3.16. The van der Waals surface area contributed by atoms with Gasteiger partial charge in [0, 0.05) is 13.6 Å². The Morgan fingerprint density at radius 2 is 2.27 bits per heavy atom. The van der Waals surface area contributed by atoms with E-state index in [4.69, 9.17) is 9.52 Å². The third-order valence-electron chi connectivity index (χ3n) is 1.82. The molecule has 0 radical (unpaired) electrons. The molecule has 0 aliphatic carbocycles. The summed E-state index contributed by atoms with van der Waals surface area (Å²) in [6, 6.07) is 1.61. The van der Waals surface area contributed by atoms with Crippen molar-refractivity contribution < 1.29 is 19.1 Å². The highest BCUT2D eigenvalue weighted by molar-refractivity contribution is 9.10. The summed E-state index contributed by atoms with van der Waals surface area (Å²) in [6.45, 7) is 0.154. The van der Waals surface area contributed by atoms with Crippen molar-refractivity contribution in [2.24, 2.45) is 0 Å². The van der Waals surface area contributed by atoms with E-state index in [9.17, 15) is 9.59 Å². The van der Waals surface area contributed by atoms with E-state index in [2.05, 4.69) is 15.9 Å². The van der Waals surface area contributed by atoms with Crippen molar-refractivity contribution >= 4 is 27.8 Å². The largest absolute Gasteiger partial charge is 0.481 e. The Hall–Kier alpha value is -1.30. The minimum atomic E-state index is -0.937. The molecular formula is C9H10BrNO4. The predicted octanol–water partition coefficient (Wildman–Crippen LogP) is 1.59. The van der Waals surface area contributed by atoms with Gasteiger partial charge >= 0.3 is 5.97 Å². The molecule has 0 aromatic carbocycles. The Bertz CT molecular complexity index is 374. The van der Waals surface area contributed by atoms with Crippen molar-refractivity contribution in [3.63, 3.8) is 0 Å². The number of carboxylic acids is 1. The number of hydrogen-bond acceptors (Lipinski definition) is 3. The van der Waals surface area contributed by atoms with Crippen LogP contribution < -0.4 is 0 Å². The number of nitrogens with zero attached hydrogens (tertiary/aromatic N) is 1. The predicted molar refractivity (Wildman–Crippen MR) is 55.6 cm³/mol. The van der Waals surface area contributed by atoms with Crippen molar-refractivity contribution in [1.82, 2.24) is 4.90 Å². The fourth-order valence-electron chi connectivity index (χ4n) is 0.985. The summed E-state index contributed by atoms with van der Waals surface area (Å²) in [5.74, 6) is -1.09. The van der Waals surface area contributed by atoms with Crippen LogP contribution in [0.25, 0.3) is 0 Å². The van der Waals surface area contributed by atoms with Crippen LogP contribution in [0.4, 0.5) is 0 Å². The number of aliphatic carboxylic acids is 1. The monoisotopic (exact) mass is 275 g/mol. The van der Waals surface area contributed by atoms with Gasteiger partial charge < -0.3 is 14.4 Å². The maximum Gasteiger partial charge on any atom is 0.305 e. The number of rotatable bonds is 4. The lowest BCUT2D eigenvalue weighted by Gasteiger charge is -2.14. The minimum absolute atomic E-state index is 0.0828. The van der Waals surface area contributed by atoms with Crippen LogP contribution in [0.5, 0.6) is 0 Å². The molecule has 1 amide bonds. The summed E-state index contributed by atoms with van der Waals surface area (Å²) in [6.07, 6.45) is 1.31. The van der Waals surface area contributed by atoms with E-state index in [0.29, 0.717) is 4.47 Å². The van der Waals surface area contributed by atoms with Crippen molar-refractivity contribution in [3.8, 4) is 0 Å². The first-order valence-corrected chi connectivity index (χ1v) is 5.02. The number of hydrogen-bond donors (Lipinski definition) is 1. The van der Waals surface area contributed by atoms with Gasteiger partial charge in [0.25, 0.3) is 5.91 Å². The van der Waals surface area contributed by atoms with E-state index >= 15 is 0 Å². The highest BCUT2D eigenvalue weighted by Crippen LogP contribution is 2.18. The summed E-state index contributed by atoms with van der Waals surface area (Å²) in [5, 5.41) is 8.46. The van der Waals surface area contributed by atoms with Gasteiger partial charge in [-0.3, -0.25) is 9.59 Å². The molecule has 1 aromatic rings. The Balaban J connectivity index is 2.61. The van der Waals surface area contributed by atoms with Gasteiger partial charge in [0.2, 0.25) is 5.76 Å². The van der Waals surface area contributed by atoms with E-state index < -0.39 is 5.97 Å². The van der Waals surface area contributed by atoms with E-state index in [0.717, 1.165) is 0 Å².